The fraction of sp³-hybridized carbons (Fsp3) is 0.319. The van der Waals surface area contributed by atoms with Crippen LogP contribution >= 0.6 is 0 Å². The fourth-order valence-corrected chi connectivity index (χ4v) is 9.20. The molecule has 12 heteroatoms. The van der Waals surface area contributed by atoms with Crippen molar-refractivity contribution >= 4 is 51.0 Å². The molecule has 7 heterocycles. The Hall–Kier alpha value is -6.58. The van der Waals surface area contributed by atoms with Gasteiger partial charge in [0.15, 0.2) is 5.82 Å². The van der Waals surface area contributed by atoms with Crippen molar-refractivity contribution in [1.82, 2.24) is 24.8 Å². The number of rotatable bonds is 5. The highest BCUT2D eigenvalue weighted by Crippen LogP contribution is 2.41. The Morgan fingerprint density at radius 1 is 0.932 bits per heavy atom. The highest BCUT2D eigenvalue weighted by molar-refractivity contribution is 6.03. The second kappa shape index (κ2) is 14.7. The van der Waals surface area contributed by atoms with E-state index in [2.05, 4.69) is 34.2 Å². The zero-order valence-corrected chi connectivity index (χ0v) is 33.0. The number of carbonyl (C=O) groups is 3. The Morgan fingerprint density at radius 3 is 2.64 bits per heavy atom. The van der Waals surface area contributed by atoms with E-state index in [0.717, 1.165) is 101 Å². The molecule has 2 fully saturated rings. The summed E-state index contributed by atoms with van der Waals surface area (Å²) in [6.45, 7) is 4.84. The second-order valence-electron chi connectivity index (χ2n) is 16.1. The number of nitrogens with one attached hydrogen (secondary N) is 1. The normalized spacial score (nSPS) is 18.2. The van der Waals surface area contributed by atoms with Crippen LogP contribution in [0.1, 0.15) is 87.8 Å². The molecule has 0 saturated carbocycles. The minimum absolute atomic E-state index is 0.00974. The van der Waals surface area contributed by atoms with E-state index < -0.39 is 5.92 Å². The summed E-state index contributed by atoms with van der Waals surface area (Å²) in [5.74, 6) is 6.16. The van der Waals surface area contributed by atoms with Gasteiger partial charge in [-0.05, 0) is 98.5 Å². The van der Waals surface area contributed by atoms with Crippen LogP contribution in [0.2, 0.25) is 0 Å². The topological polar surface area (TPSA) is 140 Å². The number of fused-ring (bicyclic) bond motifs is 4. The van der Waals surface area contributed by atoms with Crippen LogP contribution in [0.5, 0.6) is 0 Å². The summed E-state index contributed by atoms with van der Waals surface area (Å²) in [7, 11) is 1.86. The molecule has 296 valence electrons. The van der Waals surface area contributed by atoms with Gasteiger partial charge in [0.25, 0.3) is 11.5 Å². The molecule has 3 amide bonds. The van der Waals surface area contributed by atoms with Crippen LogP contribution in [0, 0.1) is 18.8 Å². The number of amides is 3. The summed E-state index contributed by atoms with van der Waals surface area (Å²) in [5.41, 5.74) is 10.3. The highest BCUT2D eigenvalue weighted by Gasteiger charge is 2.31. The monoisotopic (exact) mass is 786 g/mol. The van der Waals surface area contributed by atoms with Crippen LogP contribution < -0.4 is 15.8 Å². The van der Waals surface area contributed by atoms with Gasteiger partial charge >= 0.3 is 0 Å². The predicted molar refractivity (Wildman–Crippen MR) is 222 cm³/mol. The Balaban J connectivity index is 0.892. The quantitative estimate of drug-likeness (QED) is 0.152. The van der Waals surface area contributed by atoms with Gasteiger partial charge in [0.05, 0.1) is 47.5 Å². The third kappa shape index (κ3) is 6.55. The highest BCUT2D eigenvalue weighted by atomic mass is 16.5. The molecule has 0 bridgehead atoms. The summed E-state index contributed by atoms with van der Waals surface area (Å²) < 4.78 is 13.2. The van der Waals surface area contributed by atoms with Crippen molar-refractivity contribution in [2.24, 2.45) is 7.05 Å². The van der Waals surface area contributed by atoms with Gasteiger partial charge in [-0.1, -0.05) is 24.0 Å². The van der Waals surface area contributed by atoms with Crippen molar-refractivity contribution in [3.63, 3.8) is 0 Å². The summed E-state index contributed by atoms with van der Waals surface area (Å²) in [4.78, 5) is 65.0. The Labute approximate surface area is 340 Å². The standard InChI is InChI=1S/C47H42N6O6/c1-27-19-36-39(51(2)46(27)56)22-32(29-13-17-58-18-14-29)23-40(36)53-16-4-6-38-41(53)24-48-44(49-38)30-8-9-31-25-52(47(57)34(31)21-30)15-3-5-28-7-11-42-35(20-28)37(26-59-42)33-10-12-43(54)50-45(33)55/h7-9,11,19-24,26,29,33H,4,6,10,12-18,25H2,1-2H3,(H,50,54,55). The van der Waals surface area contributed by atoms with Crippen molar-refractivity contribution in [1.29, 1.82) is 0 Å². The lowest BCUT2D eigenvalue weighted by Gasteiger charge is -2.33. The zero-order valence-electron chi connectivity index (χ0n) is 33.0. The second-order valence-corrected chi connectivity index (χ2v) is 16.1. The minimum atomic E-state index is -0.460. The van der Waals surface area contributed by atoms with Crippen molar-refractivity contribution < 1.29 is 23.5 Å². The number of anilines is 2. The van der Waals surface area contributed by atoms with E-state index in [-0.39, 0.29) is 36.2 Å². The van der Waals surface area contributed by atoms with Crippen molar-refractivity contribution in [2.75, 3.05) is 31.2 Å². The van der Waals surface area contributed by atoms with Crippen LogP contribution in [0.4, 0.5) is 11.4 Å². The van der Waals surface area contributed by atoms with Gasteiger partial charge < -0.3 is 23.5 Å². The average molecular weight is 787 g/mol. The molecular formula is C47H42N6O6. The van der Waals surface area contributed by atoms with Crippen molar-refractivity contribution in [2.45, 2.75) is 63.8 Å². The molecule has 6 aromatic rings. The minimum Gasteiger partial charge on any atom is -0.464 e. The van der Waals surface area contributed by atoms with E-state index in [9.17, 15) is 19.2 Å². The molecule has 3 aromatic heterocycles. The molecule has 0 spiro atoms. The first kappa shape index (κ1) is 36.7. The van der Waals surface area contributed by atoms with E-state index in [0.29, 0.717) is 41.4 Å². The predicted octanol–water partition coefficient (Wildman–Crippen LogP) is 6.56. The Morgan fingerprint density at radius 2 is 1.80 bits per heavy atom. The van der Waals surface area contributed by atoms with Gasteiger partial charge in [-0.2, -0.15) is 0 Å². The van der Waals surface area contributed by atoms with E-state index in [1.54, 1.807) is 15.7 Å². The average Bonchev–Trinajstić information content (AvgIpc) is 3.82. The number of pyridine rings is 1. The van der Waals surface area contributed by atoms with E-state index in [1.807, 2.05) is 62.6 Å². The molecule has 1 N–H and O–H groups in total. The van der Waals surface area contributed by atoms with Gasteiger partial charge in [0.2, 0.25) is 11.8 Å². The van der Waals surface area contributed by atoms with Crippen LogP contribution in [0.3, 0.4) is 0 Å². The van der Waals surface area contributed by atoms with E-state index >= 15 is 0 Å². The molecular weight excluding hydrogens is 745 g/mol. The third-order valence-electron chi connectivity index (χ3n) is 12.4. The largest absolute Gasteiger partial charge is 0.464 e. The molecule has 59 heavy (non-hydrogen) atoms. The molecule has 0 radical (unpaired) electrons. The summed E-state index contributed by atoms with van der Waals surface area (Å²) in [6.07, 6.45) is 7.81. The van der Waals surface area contributed by atoms with Crippen LogP contribution in [-0.2, 0) is 34.3 Å². The van der Waals surface area contributed by atoms with Gasteiger partial charge in [0.1, 0.15) is 5.58 Å². The van der Waals surface area contributed by atoms with Crippen LogP contribution in [-0.4, -0.2) is 63.5 Å². The molecule has 4 aliphatic rings. The lowest BCUT2D eigenvalue weighted by molar-refractivity contribution is -0.134. The number of ether oxygens (including phenoxy) is 1. The fourth-order valence-electron chi connectivity index (χ4n) is 9.20. The number of nitrogens with zero attached hydrogens (tertiary/aromatic N) is 5. The van der Waals surface area contributed by atoms with Crippen molar-refractivity contribution in [3.8, 4) is 23.2 Å². The zero-order chi connectivity index (χ0) is 40.4. The third-order valence-corrected chi connectivity index (χ3v) is 12.4. The number of hydrogen-bond acceptors (Lipinski definition) is 9. The van der Waals surface area contributed by atoms with Crippen molar-refractivity contribution in [3.05, 3.63) is 116 Å². The Bertz CT molecular complexity index is 2880. The summed E-state index contributed by atoms with van der Waals surface area (Å²) in [6, 6.07) is 17.9. The molecule has 1 atom stereocenters. The number of benzene rings is 3. The summed E-state index contributed by atoms with van der Waals surface area (Å²) in [5, 5.41) is 4.24. The lowest BCUT2D eigenvalue weighted by Crippen LogP contribution is -2.39. The first-order valence-corrected chi connectivity index (χ1v) is 20.3. The number of aryl methyl sites for hydroxylation is 3. The number of furan rings is 1. The van der Waals surface area contributed by atoms with Gasteiger partial charge in [0, 0.05) is 78.4 Å². The van der Waals surface area contributed by atoms with Crippen LogP contribution in [0.15, 0.2) is 76.3 Å². The molecule has 10 rings (SSSR count). The Kier molecular flexibility index (Phi) is 9.13. The molecule has 3 aromatic carbocycles. The molecule has 0 aliphatic carbocycles. The smallest absolute Gasteiger partial charge is 0.255 e. The SMILES string of the molecule is Cc1cc2c(N3CCCc4nc(-c5ccc6c(c5)C(=O)N(CC#Cc5ccc7occ(C8CCC(=O)NC8=O)c7c5)C6)ncc43)cc(C3CCOCC3)cc2n(C)c1=O. The summed E-state index contributed by atoms with van der Waals surface area (Å²) >= 11 is 0. The van der Waals surface area contributed by atoms with Gasteiger partial charge in [-0.25, -0.2) is 9.97 Å². The molecule has 4 aliphatic heterocycles. The number of aromatic nitrogens is 3. The molecule has 1 unspecified atom stereocenters. The first-order chi connectivity index (χ1) is 28.7. The lowest BCUT2D eigenvalue weighted by atomic mass is 9.89. The van der Waals surface area contributed by atoms with E-state index in [4.69, 9.17) is 19.1 Å². The number of hydrogen-bond donors (Lipinski definition) is 1. The van der Waals surface area contributed by atoms with Gasteiger partial charge in [-0.15, -0.1) is 0 Å². The molecule has 12 nitrogen and oxygen atoms in total. The van der Waals surface area contributed by atoms with Gasteiger partial charge in [-0.3, -0.25) is 24.5 Å². The number of carbonyl (C=O) groups excluding carboxylic acids is 3. The number of piperidine rings is 1. The maximum atomic E-state index is 13.7. The van der Waals surface area contributed by atoms with Crippen LogP contribution in [0.25, 0.3) is 33.3 Å². The maximum absolute atomic E-state index is 13.7. The molecule has 2 saturated heterocycles. The number of imide groups is 1. The van der Waals surface area contributed by atoms with E-state index in [1.165, 1.54) is 5.56 Å². The maximum Gasteiger partial charge on any atom is 0.255 e. The first-order valence-electron chi connectivity index (χ1n) is 20.3.